The normalized spacial score (nSPS) is 23.2. The first-order valence-corrected chi connectivity index (χ1v) is 13.5. The number of ether oxygens (including phenoxy) is 1. The van der Waals surface area contributed by atoms with E-state index in [4.69, 9.17) is 4.74 Å². The average Bonchev–Trinajstić information content (AvgIpc) is 3.40. The van der Waals surface area contributed by atoms with Gasteiger partial charge in [0.1, 0.15) is 0 Å². The molecule has 2 N–H and O–H groups in total. The Morgan fingerprint density at radius 1 is 1.10 bits per heavy atom. The van der Waals surface area contributed by atoms with Crippen LogP contribution in [0.3, 0.4) is 0 Å². The third-order valence-corrected chi connectivity index (χ3v) is 7.94. The monoisotopic (exact) mass is 543 g/mol. The number of hydrogen-bond donors (Lipinski definition) is 2. The highest BCUT2D eigenvalue weighted by molar-refractivity contribution is 6.06. The number of aromatic nitrogens is 2. The summed E-state index contributed by atoms with van der Waals surface area (Å²) in [5, 5.41) is 6.20. The van der Waals surface area contributed by atoms with Crippen LogP contribution in [0.5, 0.6) is 0 Å². The van der Waals surface area contributed by atoms with Crippen molar-refractivity contribution in [3.8, 4) is 0 Å². The van der Waals surface area contributed by atoms with Crippen molar-refractivity contribution < 1.29 is 23.1 Å². The Balaban J connectivity index is 1.77. The summed E-state index contributed by atoms with van der Waals surface area (Å²) >= 11 is 0. The first-order chi connectivity index (χ1) is 18.3. The Morgan fingerprint density at radius 3 is 2.31 bits per heavy atom. The Bertz CT molecular complexity index is 1150. The molecule has 1 saturated heterocycles. The van der Waals surface area contributed by atoms with Gasteiger partial charge in [-0.15, -0.1) is 0 Å². The van der Waals surface area contributed by atoms with Crippen molar-refractivity contribution >= 4 is 17.5 Å². The van der Waals surface area contributed by atoms with Gasteiger partial charge < -0.3 is 15.4 Å². The molecule has 10 heteroatoms. The Kier molecular flexibility index (Phi) is 8.37. The second-order valence-electron chi connectivity index (χ2n) is 11.8. The first kappa shape index (κ1) is 29.0. The molecule has 2 amide bonds. The molecule has 8 nitrogen and oxygen atoms in total. The molecule has 2 heterocycles. The van der Waals surface area contributed by atoms with Crippen LogP contribution in [0.15, 0.2) is 42.9 Å². The molecule has 212 valence electrons. The number of amides is 2. The number of halogens is 2. The summed E-state index contributed by atoms with van der Waals surface area (Å²) in [6.45, 7) is 8.45. The molecule has 39 heavy (non-hydrogen) atoms. The number of methoxy groups -OCH3 is 1. The number of anilines is 1. The molecule has 3 atom stereocenters. The smallest absolute Gasteiger partial charge is 0.252 e. The molecular weight excluding hydrogens is 504 g/mol. The quantitative estimate of drug-likeness (QED) is 0.546. The lowest BCUT2D eigenvalue weighted by molar-refractivity contribution is -0.132. The molecule has 1 aliphatic carbocycles. The maximum absolute atomic E-state index is 14.3. The van der Waals surface area contributed by atoms with Crippen molar-refractivity contribution in [3.05, 3.63) is 54.1 Å². The van der Waals surface area contributed by atoms with Crippen LogP contribution < -0.4 is 15.5 Å². The van der Waals surface area contributed by atoms with Gasteiger partial charge in [0.05, 0.1) is 24.0 Å². The van der Waals surface area contributed by atoms with Gasteiger partial charge in [-0.05, 0) is 49.3 Å². The third kappa shape index (κ3) is 6.27. The van der Waals surface area contributed by atoms with Crippen molar-refractivity contribution in [1.82, 2.24) is 20.6 Å². The number of carbonyl (C=O) groups is 2. The number of alkyl halides is 2. The highest BCUT2D eigenvalue weighted by Crippen LogP contribution is 2.37. The van der Waals surface area contributed by atoms with E-state index >= 15 is 0 Å². The number of nitrogens with one attached hydrogen (secondary N) is 2. The Morgan fingerprint density at radius 2 is 1.77 bits per heavy atom. The SMILES string of the molecule is COC1CNC(C(=O)N(c2ccc(C(C)(C)C)cc2)C(C)(C(=O)NC2CCC(F)(F)CC2)c2cnccn2)C1. The maximum Gasteiger partial charge on any atom is 0.252 e. The molecule has 1 saturated carbocycles. The number of hydrogen-bond acceptors (Lipinski definition) is 6. The molecular formula is C29H39F2N5O3. The lowest BCUT2D eigenvalue weighted by atomic mass is 9.86. The third-order valence-electron chi connectivity index (χ3n) is 7.94. The summed E-state index contributed by atoms with van der Waals surface area (Å²) in [5.41, 5.74) is 0.153. The van der Waals surface area contributed by atoms with E-state index in [-0.39, 0.29) is 48.8 Å². The summed E-state index contributed by atoms with van der Waals surface area (Å²) in [7, 11) is 1.60. The van der Waals surface area contributed by atoms with Crippen molar-refractivity contribution in [2.45, 2.75) is 94.9 Å². The summed E-state index contributed by atoms with van der Waals surface area (Å²) in [4.78, 5) is 38.6. The number of carbonyl (C=O) groups excluding carboxylic acids is 2. The minimum absolute atomic E-state index is 0.110. The van der Waals surface area contributed by atoms with E-state index in [9.17, 15) is 18.4 Å². The second kappa shape index (κ2) is 11.3. The zero-order valence-electron chi connectivity index (χ0n) is 23.3. The second-order valence-corrected chi connectivity index (χ2v) is 11.8. The Hall–Kier alpha value is -2.98. The fourth-order valence-electron chi connectivity index (χ4n) is 5.34. The van der Waals surface area contributed by atoms with Gasteiger partial charge >= 0.3 is 0 Å². The lowest BCUT2D eigenvalue weighted by Gasteiger charge is -2.42. The number of nitrogens with zero attached hydrogens (tertiary/aromatic N) is 3. The number of rotatable bonds is 7. The zero-order chi connectivity index (χ0) is 28.4. The minimum Gasteiger partial charge on any atom is -0.380 e. The molecule has 3 unspecified atom stereocenters. The van der Waals surface area contributed by atoms with E-state index in [1.807, 2.05) is 24.3 Å². The molecule has 2 fully saturated rings. The molecule has 2 aromatic rings. The first-order valence-electron chi connectivity index (χ1n) is 13.5. The van der Waals surface area contributed by atoms with E-state index < -0.39 is 29.5 Å². The molecule has 1 aromatic carbocycles. The highest BCUT2D eigenvalue weighted by Gasteiger charge is 2.50. The summed E-state index contributed by atoms with van der Waals surface area (Å²) < 4.78 is 33.1. The van der Waals surface area contributed by atoms with Crippen LogP contribution in [-0.4, -0.2) is 59.5 Å². The maximum atomic E-state index is 14.3. The van der Waals surface area contributed by atoms with Crippen LogP contribution in [0.4, 0.5) is 14.5 Å². The lowest BCUT2D eigenvalue weighted by Crippen LogP contribution is -2.62. The summed E-state index contributed by atoms with van der Waals surface area (Å²) in [5.74, 6) is -3.53. The number of benzene rings is 1. The van der Waals surface area contributed by atoms with Gasteiger partial charge in [-0.1, -0.05) is 32.9 Å². The van der Waals surface area contributed by atoms with Gasteiger partial charge in [-0.25, -0.2) is 8.78 Å². The average molecular weight is 544 g/mol. The van der Waals surface area contributed by atoms with Crippen LogP contribution in [0.25, 0.3) is 0 Å². The molecule has 1 aromatic heterocycles. The molecule has 2 aliphatic rings. The summed E-state index contributed by atoms with van der Waals surface area (Å²) in [6, 6.07) is 6.56. The highest BCUT2D eigenvalue weighted by atomic mass is 19.3. The van der Waals surface area contributed by atoms with E-state index in [1.54, 1.807) is 14.0 Å². The largest absolute Gasteiger partial charge is 0.380 e. The van der Waals surface area contributed by atoms with E-state index in [1.165, 1.54) is 23.5 Å². The predicted molar refractivity (Wildman–Crippen MR) is 145 cm³/mol. The summed E-state index contributed by atoms with van der Waals surface area (Å²) in [6.07, 6.45) is 4.48. The van der Waals surface area contributed by atoms with Gasteiger partial charge in [-0.2, -0.15) is 0 Å². The van der Waals surface area contributed by atoms with Crippen molar-refractivity contribution in [2.75, 3.05) is 18.6 Å². The fraction of sp³-hybridized carbons (Fsp3) is 0.586. The molecule has 0 spiro atoms. The van der Waals surface area contributed by atoms with E-state index in [0.717, 1.165) is 5.56 Å². The predicted octanol–water partition coefficient (Wildman–Crippen LogP) is 4.09. The molecule has 1 aliphatic heterocycles. The Labute approximate surface area is 228 Å². The van der Waals surface area contributed by atoms with Gasteiger partial charge in [0, 0.05) is 50.6 Å². The van der Waals surface area contributed by atoms with E-state index in [2.05, 4.69) is 41.4 Å². The van der Waals surface area contributed by atoms with E-state index in [0.29, 0.717) is 18.7 Å². The minimum atomic E-state index is -2.72. The van der Waals surface area contributed by atoms with Crippen molar-refractivity contribution in [2.24, 2.45) is 0 Å². The molecule has 0 bridgehead atoms. The zero-order valence-corrected chi connectivity index (χ0v) is 23.3. The van der Waals surface area contributed by atoms with Crippen molar-refractivity contribution in [1.29, 1.82) is 0 Å². The topological polar surface area (TPSA) is 96.5 Å². The van der Waals surface area contributed by atoms with Crippen LogP contribution >= 0.6 is 0 Å². The van der Waals surface area contributed by atoms with Gasteiger partial charge in [0.2, 0.25) is 11.8 Å². The van der Waals surface area contributed by atoms with Gasteiger partial charge in [-0.3, -0.25) is 24.5 Å². The fourth-order valence-corrected chi connectivity index (χ4v) is 5.34. The molecule has 0 radical (unpaired) electrons. The standard InChI is InChI=1S/C29H39F2N5O3/c1-27(2,3)19-6-8-21(9-7-19)36(25(37)23-16-22(39-5)17-34-23)28(4,24-18-32-14-15-33-24)26(38)35-20-10-12-29(30,31)13-11-20/h6-9,14-15,18,20,22-23,34H,10-13,16-17H2,1-5H3,(H,35,38). The molecule has 4 rings (SSSR count). The van der Waals surface area contributed by atoms with Gasteiger partial charge in [0.25, 0.3) is 5.91 Å². The van der Waals surface area contributed by atoms with Crippen LogP contribution in [-0.2, 0) is 25.3 Å². The van der Waals surface area contributed by atoms with Gasteiger partial charge in [0.15, 0.2) is 5.54 Å². The van der Waals surface area contributed by atoms with Crippen LogP contribution in [0, 0.1) is 0 Å². The van der Waals surface area contributed by atoms with Crippen LogP contribution in [0.2, 0.25) is 0 Å². The van der Waals surface area contributed by atoms with Crippen molar-refractivity contribution in [3.63, 3.8) is 0 Å². The van der Waals surface area contributed by atoms with Crippen LogP contribution in [0.1, 0.15) is 71.1 Å².